The van der Waals surface area contributed by atoms with E-state index < -0.39 is 193 Å². The Morgan fingerprint density at radius 3 is 1.24 bits per heavy atom. The van der Waals surface area contributed by atoms with Crippen molar-refractivity contribution >= 4 is 0 Å². The summed E-state index contributed by atoms with van der Waals surface area (Å²) in [6, 6.07) is 18.2. The molecule has 0 fully saturated rings. The van der Waals surface area contributed by atoms with Crippen LogP contribution in [-0.4, -0.2) is 121 Å². The zero-order valence-electron chi connectivity index (χ0n) is 42.8. The second kappa shape index (κ2) is 18.6. The van der Waals surface area contributed by atoms with Crippen molar-refractivity contribution in [2.45, 2.75) is 72.7 Å². The third-order valence-electron chi connectivity index (χ3n) is 16.4. The monoisotopic (exact) mass is 1150 g/mol. The number of hydrogen-bond donors (Lipinski definition) is 19. The van der Waals surface area contributed by atoms with Gasteiger partial charge < -0.3 is 121 Å². The normalized spacial score (nSPS) is 25.1. The van der Waals surface area contributed by atoms with E-state index in [0.29, 0.717) is 0 Å². The molecule has 432 valence electrons. The summed E-state index contributed by atoms with van der Waals surface area (Å²) in [6.45, 7) is 0. The average Bonchev–Trinajstić information content (AvgIpc) is 0.881. The molecule has 2 bridgehead atoms. The highest BCUT2D eigenvalue weighted by atomic mass is 16.7. The van der Waals surface area contributed by atoms with Crippen LogP contribution in [0.15, 0.2) is 103 Å². The zero-order valence-corrected chi connectivity index (χ0v) is 42.8. The molecule has 0 unspecified atom stereocenters. The lowest BCUT2D eigenvalue weighted by Gasteiger charge is -2.51. The highest BCUT2D eigenvalue weighted by molar-refractivity contribution is 5.74. The number of aliphatic hydroxyl groups is 4. The Morgan fingerprint density at radius 1 is 0.333 bits per heavy atom. The van der Waals surface area contributed by atoms with Gasteiger partial charge in [0.15, 0.2) is 58.2 Å². The van der Waals surface area contributed by atoms with Gasteiger partial charge >= 0.3 is 5.79 Å². The number of phenols is 15. The quantitative estimate of drug-likeness (QED) is 0.0889. The molecule has 5 heterocycles. The van der Waals surface area contributed by atoms with Gasteiger partial charge in [0.2, 0.25) is 0 Å². The molecular formula is C60H48O24. The van der Waals surface area contributed by atoms with Crippen molar-refractivity contribution in [2.24, 2.45) is 0 Å². The molecule has 8 aromatic rings. The first kappa shape index (κ1) is 52.9. The molecule has 84 heavy (non-hydrogen) atoms. The smallest absolute Gasteiger partial charge is 0.305 e. The number of benzene rings is 8. The second-order valence-corrected chi connectivity index (χ2v) is 21.2. The standard InChI is InChI=1S/C60H48O24/c61-23-13-34(71)42-40(14-23)83-60(22-4-8-28(65)33(70)12-22)59(79)50(42)47-41(84-60)18-38(75)46-49(52(78)55(82-58(46)47)21-3-7-27(64)32(69)11-21)45-37(74)17-36(73)44-48(51(77)54(81-57(44)45)20-2-6-26(63)31(68)10-20)43-35(72)16-29(66)24-15-39(76)53(80-56(24)43)19-1-5-25(62)30(67)9-19/h1-14,16-18,39,48-55,59,61-79H,15H2/t39-,48+,49-,50+,51+,52+,53-,54+,55+,59+,60-/m0/s1. The maximum atomic E-state index is 13.1. The summed E-state index contributed by atoms with van der Waals surface area (Å²) >= 11 is 0. The predicted molar refractivity (Wildman–Crippen MR) is 283 cm³/mol. The molecule has 0 saturated carbocycles. The second-order valence-electron chi connectivity index (χ2n) is 21.2. The molecule has 5 aliphatic rings. The first-order valence-corrected chi connectivity index (χ1v) is 25.8. The fraction of sp³-hybridized carbons (Fsp3) is 0.200. The van der Waals surface area contributed by atoms with Crippen molar-refractivity contribution in [1.82, 2.24) is 0 Å². The fourth-order valence-electron chi connectivity index (χ4n) is 12.6. The zero-order chi connectivity index (χ0) is 59.4. The van der Waals surface area contributed by atoms with Gasteiger partial charge in [0, 0.05) is 81.3 Å². The highest BCUT2D eigenvalue weighted by Gasteiger charge is 2.61. The van der Waals surface area contributed by atoms with E-state index in [0.717, 1.165) is 78.9 Å². The number of phenolic OH excluding ortho intramolecular Hbond substituents is 15. The molecule has 0 spiro atoms. The molecule has 8 aromatic carbocycles. The van der Waals surface area contributed by atoms with Crippen LogP contribution in [0.25, 0.3) is 0 Å². The fourth-order valence-corrected chi connectivity index (χ4v) is 12.6. The lowest BCUT2D eigenvalue weighted by Crippen LogP contribution is -2.57. The summed E-state index contributed by atoms with van der Waals surface area (Å²) in [4.78, 5) is 0. The first-order valence-electron chi connectivity index (χ1n) is 25.8. The van der Waals surface area contributed by atoms with Gasteiger partial charge in [-0.1, -0.05) is 18.2 Å². The molecule has 24 heteroatoms. The molecule has 0 saturated heterocycles. The minimum absolute atomic E-state index is 0.0872. The van der Waals surface area contributed by atoms with Crippen LogP contribution >= 0.6 is 0 Å². The Hall–Kier alpha value is -10.4. The van der Waals surface area contributed by atoms with Crippen molar-refractivity contribution in [1.29, 1.82) is 0 Å². The maximum Gasteiger partial charge on any atom is 0.305 e. The summed E-state index contributed by atoms with van der Waals surface area (Å²) in [7, 11) is 0. The van der Waals surface area contributed by atoms with Gasteiger partial charge in [-0.25, -0.2) is 0 Å². The molecule has 0 aliphatic carbocycles. The van der Waals surface area contributed by atoms with Gasteiger partial charge in [-0.2, -0.15) is 0 Å². The first-order chi connectivity index (χ1) is 40.0. The van der Waals surface area contributed by atoms with Crippen LogP contribution in [0.4, 0.5) is 0 Å². The Morgan fingerprint density at radius 2 is 0.738 bits per heavy atom. The summed E-state index contributed by atoms with van der Waals surface area (Å²) in [5, 5.41) is 218. The number of aliphatic hydroxyl groups excluding tert-OH is 4. The number of aromatic hydroxyl groups is 15. The molecule has 0 amide bonds. The summed E-state index contributed by atoms with van der Waals surface area (Å²) in [6.07, 6.45) is -13.0. The van der Waals surface area contributed by atoms with Gasteiger partial charge in [-0.05, 0) is 71.3 Å². The van der Waals surface area contributed by atoms with Gasteiger partial charge in [0.05, 0.1) is 23.9 Å². The van der Waals surface area contributed by atoms with Crippen LogP contribution in [0.5, 0.6) is 115 Å². The molecule has 11 atom stereocenters. The largest absolute Gasteiger partial charge is 0.508 e. The Kier molecular flexibility index (Phi) is 11.7. The maximum absolute atomic E-state index is 13.1. The summed E-state index contributed by atoms with van der Waals surface area (Å²) in [5.74, 6) is -20.1. The molecule has 19 N–H and O–H groups in total. The molecule has 0 radical (unpaired) electrons. The molecule has 5 aliphatic heterocycles. The van der Waals surface area contributed by atoms with Crippen molar-refractivity contribution in [2.75, 3.05) is 0 Å². The summed E-state index contributed by atoms with van der Waals surface area (Å²) < 4.78 is 32.7. The minimum atomic E-state index is -2.44. The SMILES string of the molecule is Oc1cc(O)c2c(c1)O[C@@]1(c3ccc(O)c(O)c3)Oc3cc(O)c4c(c3[C@@H]2[C@H]1O)O[C@H](c1ccc(O)c(O)c1)[C@H](O)[C@H]4c1c(O)cc(O)c2c1O[C@H](c1ccc(O)c(O)c1)[C@H](O)[C@@H]2c1c(O)cc(O)c2c1O[C@@H](c1ccc(O)c(O)c1)[C@@H](O)C2. The van der Waals surface area contributed by atoms with Crippen LogP contribution < -0.4 is 23.7 Å². The Labute approximate surface area is 471 Å². The minimum Gasteiger partial charge on any atom is -0.508 e. The van der Waals surface area contributed by atoms with E-state index in [9.17, 15) is 97.0 Å². The lowest BCUT2D eigenvalue weighted by molar-refractivity contribution is -0.219. The lowest BCUT2D eigenvalue weighted by atomic mass is 9.71. The van der Waals surface area contributed by atoms with Crippen LogP contribution in [0.3, 0.4) is 0 Å². The average molecular weight is 1150 g/mol. The van der Waals surface area contributed by atoms with E-state index in [1.54, 1.807) is 0 Å². The van der Waals surface area contributed by atoms with E-state index in [2.05, 4.69) is 0 Å². The molecule has 0 aromatic heterocycles. The van der Waals surface area contributed by atoms with E-state index in [1.165, 1.54) is 24.3 Å². The van der Waals surface area contributed by atoms with Gasteiger partial charge in [0.1, 0.15) is 93.4 Å². The number of hydrogen-bond acceptors (Lipinski definition) is 24. The van der Waals surface area contributed by atoms with E-state index in [-0.39, 0.29) is 56.2 Å². The predicted octanol–water partition coefficient (Wildman–Crippen LogP) is 5.69. The number of fused-ring (bicyclic) bond motifs is 10. The van der Waals surface area contributed by atoms with Gasteiger partial charge in [-0.3, -0.25) is 0 Å². The molecule has 13 rings (SSSR count). The number of rotatable bonds is 6. The van der Waals surface area contributed by atoms with E-state index >= 15 is 0 Å². The van der Waals surface area contributed by atoms with Crippen LogP contribution in [-0.2, 0) is 12.2 Å². The highest BCUT2D eigenvalue weighted by Crippen LogP contribution is 2.67. The van der Waals surface area contributed by atoms with Crippen LogP contribution in [0.2, 0.25) is 0 Å². The topological polar surface area (TPSA) is 431 Å². The molecule has 24 nitrogen and oxygen atoms in total. The van der Waals surface area contributed by atoms with Gasteiger partial charge in [-0.15, -0.1) is 0 Å². The van der Waals surface area contributed by atoms with Crippen molar-refractivity contribution in [3.63, 3.8) is 0 Å². The van der Waals surface area contributed by atoms with Crippen LogP contribution in [0, 0.1) is 0 Å². The van der Waals surface area contributed by atoms with E-state index in [1.807, 2.05) is 0 Å². The van der Waals surface area contributed by atoms with Gasteiger partial charge in [0.25, 0.3) is 0 Å². The van der Waals surface area contributed by atoms with Crippen molar-refractivity contribution in [3.8, 4) is 115 Å². The van der Waals surface area contributed by atoms with E-state index in [4.69, 9.17) is 23.7 Å². The Balaban J connectivity index is 1.09. The third-order valence-corrected chi connectivity index (χ3v) is 16.4. The third kappa shape index (κ3) is 7.68. The van der Waals surface area contributed by atoms with Crippen molar-refractivity contribution < 1.29 is 121 Å². The molecular weight excluding hydrogens is 1100 g/mol. The number of ether oxygens (including phenoxy) is 5. The Bertz CT molecular complexity index is 4110. The summed E-state index contributed by atoms with van der Waals surface area (Å²) in [5.41, 5.74) is -2.64. The van der Waals surface area contributed by atoms with Crippen molar-refractivity contribution in [3.05, 3.63) is 164 Å². The van der Waals surface area contributed by atoms with Crippen LogP contribution in [0.1, 0.15) is 97.3 Å².